The van der Waals surface area contributed by atoms with Gasteiger partial charge in [-0.05, 0) is 59.8 Å². The van der Waals surface area contributed by atoms with E-state index in [1.54, 1.807) is 42.5 Å². The van der Waals surface area contributed by atoms with E-state index in [9.17, 15) is 9.90 Å². The number of hydrogen-bond donors (Lipinski definition) is 1. The first-order chi connectivity index (χ1) is 14.5. The molecule has 10 heteroatoms. The Labute approximate surface area is 180 Å². The standard InChI is InChI=1S/C20H14ClN3O5S/c1-27-16-10-12(2-7-15(16)28-9-8-22)11-17(19(25)26)30-20-24-23-18(29-20)13-3-5-14(21)6-4-13/h2-7,10-11H,9H2,1H3,(H,25,26)/b17-11-. The highest BCUT2D eigenvalue weighted by Gasteiger charge is 2.16. The van der Waals surface area contributed by atoms with E-state index in [0.29, 0.717) is 27.6 Å². The van der Waals surface area contributed by atoms with E-state index in [2.05, 4.69) is 10.2 Å². The zero-order chi connectivity index (χ0) is 21.5. The lowest BCUT2D eigenvalue weighted by Gasteiger charge is -2.09. The van der Waals surface area contributed by atoms with Crippen molar-refractivity contribution in [2.45, 2.75) is 5.22 Å². The molecule has 0 amide bonds. The van der Waals surface area contributed by atoms with E-state index >= 15 is 0 Å². The number of thioether (sulfide) groups is 1. The van der Waals surface area contributed by atoms with E-state index in [1.165, 1.54) is 13.2 Å². The molecular formula is C20H14ClN3O5S. The van der Waals surface area contributed by atoms with Crippen LogP contribution in [0.15, 0.2) is 57.0 Å². The minimum Gasteiger partial charge on any atom is -0.493 e. The van der Waals surface area contributed by atoms with Gasteiger partial charge in [0.15, 0.2) is 18.1 Å². The molecule has 3 aromatic rings. The number of nitriles is 1. The maximum absolute atomic E-state index is 11.7. The van der Waals surface area contributed by atoms with Crippen LogP contribution >= 0.6 is 23.4 Å². The molecule has 0 saturated carbocycles. The van der Waals surface area contributed by atoms with Crippen molar-refractivity contribution in [3.8, 4) is 29.0 Å². The Balaban J connectivity index is 1.83. The first-order valence-corrected chi connectivity index (χ1v) is 9.59. The molecule has 0 saturated heterocycles. The average molecular weight is 444 g/mol. The van der Waals surface area contributed by atoms with Gasteiger partial charge in [-0.2, -0.15) is 5.26 Å². The highest BCUT2D eigenvalue weighted by Crippen LogP contribution is 2.33. The van der Waals surface area contributed by atoms with Crippen LogP contribution in [0.5, 0.6) is 11.5 Å². The highest BCUT2D eigenvalue weighted by atomic mass is 35.5. The van der Waals surface area contributed by atoms with E-state index in [1.807, 2.05) is 6.07 Å². The molecule has 8 nitrogen and oxygen atoms in total. The van der Waals surface area contributed by atoms with Crippen LogP contribution in [-0.4, -0.2) is 35.0 Å². The summed E-state index contributed by atoms with van der Waals surface area (Å²) >= 11 is 6.69. The Hall–Kier alpha value is -3.48. The van der Waals surface area contributed by atoms with Crippen LogP contribution in [0.1, 0.15) is 5.56 Å². The second-order valence-electron chi connectivity index (χ2n) is 5.65. The minimum absolute atomic E-state index is 0.0333. The molecule has 1 aromatic heterocycles. The Morgan fingerprint density at radius 1 is 1.27 bits per heavy atom. The molecule has 0 bridgehead atoms. The van der Waals surface area contributed by atoms with Gasteiger partial charge in [0.1, 0.15) is 11.0 Å². The van der Waals surface area contributed by atoms with Gasteiger partial charge in [0.05, 0.1) is 7.11 Å². The summed E-state index contributed by atoms with van der Waals surface area (Å²) in [5.74, 6) is -0.156. The lowest BCUT2D eigenvalue weighted by molar-refractivity contribution is -0.131. The Morgan fingerprint density at radius 2 is 2.03 bits per heavy atom. The van der Waals surface area contributed by atoms with E-state index in [4.69, 9.17) is 30.8 Å². The van der Waals surface area contributed by atoms with Gasteiger partial charge in [-0.1, -0.05) is 17.7 Å². The van der Waals surface area contributed by atoms with Crippen LogP contribution in [0.3, 0.4) is 0 Å². The van der Waals surface area contributed by atoms with Crippen LogP contribution in [0, 0.1) is 11.3 Å². The minimum atomic E-state index is -1.16. The molecule has 1 N–H and O–H groups in total. The predicted octanol–water partition coefficient (Wildman–Crippen LogP) is 4.52. The summed E-state index contributed by atoms with van der Waals surface area (Å²) in [6.45, 7) is -0.130. The molecule has 0 atom stereocenters. The van der Waals surface area contributed by atoms with E-state index in [0.717, 1.165) is 11.8 Å². The van der Waals surface area contributed by atoms with E-state index in [-0.39, 0.29) is 22.6 Å². The average Bonchev–Trinajstić information content (AvgIpc) is 3.21. The Bertz CT molecular complexity index is 1120. The first-order valence-electron chi connectivity index (χ1n) is 8.40. The second kappa shape index (κ2) is 9.82. The fourth-order valence-electron chi connectivity index (χ4n) is 2.34. The zero-order valence-corrected chi connectivity index (χ0v) is 17.1. The zero-order valence-electron chi connectivity index (χ0n) is 15.5. The van der Waals surface area contributed by atoms with Crippen LogP contribution in [0.2, 0.25) is 5.02 Å². The van der Waals surface area contributed by atoms with Crippen molar-refractivity contribution < 1.29 is 23.8 Å². The number of benzene rings is 2. The second-order valence-corrected chi connectivity index (χ2v) is 7.08. The third-order valence-electron chi connectivity index (χ3n) is 3.68. The van der Waals surface area contributed by atoms with Crippen LogP contribution < -0.4 is 9.47 Å². The highest BCUT2D eigenvalue weighted by molar-refractivity contribution is 8.03. The van der Waals surface area contributed by atoms with Gasteiger partial charge in [-0.25, -0.2) is 4.79 Å². The normalized spacial score (nSPS) is 11.0. The molecule has 0 fully saturated rings. The molecule has 0 unspecified atom stereocenters. The number of carboxylic acids is 1. The van der Waals surface area contributed by atoms with Crippen molar-refractivity contribution in [2.75, 3.05) is 13.7 Å². The molecule has 0 radical (unpaired) electrons. The van der Waals surface area contributed by atoms with Crippen molar-refractivity contribution in [1.82, 2.24) is 10.2 Å². The number of ether oxygens (including phenoxy) is 2. The molecule has 30 heavy (non-hydrogen) atoms. The molecular weight excluding hydrogens is 430 g/mol. The van der Waals surface area contributed by atoms with Crippen molar-refractivity contribution in [3.05, 3.63) is 58.0 Å². The van der Waals surface area contributed by atoms with Crippen molar-refractivity contribution in [1.29, 1.82) is 5.26 Å². The fraction of sp³-hybridized carbons (Fsp3) is 0.100. The van der Waals surface area contributed by atoms with Crippen molar-refractivity contribution in [3.63, 3.8) is 0 Å². The third kappa shape index (κ3) is 5.31. The molecule has 1 heterocycles. The number of carboxylic acid groups (broad SMARTS) is 1. The monoisotopic (exact) mass is 443 g/mol. The number of methoxy groups -OCH3 is 1. The topological polar surface area (TPSA) is 118 Å². The summed E-state index contributed by atoms with van der Waals surface area (Å²) in [4.78, 5) is 11.7. The van der Waals surface area contributed by atoms with Gasteiger partial charge in [0.25, 0.3) is 5.22 Å². The summed E-state index contributed by atoms with van der Waals surface area (Å²) in [6.07, 6.45) is 1.44. The number of aliphatic carboxylic acids is 1. The molecule has 0 aliphatic rings. The van der Waals surface area contributed by atoms with Gasteiger partial charge >= 0.3 is 5.97 Å². The Kier molecular flexibility index (Phi) is 6.95. The lowest BCUT2D eigenvalue weighted by Crippen LogP contribution is -1.98. The van der Waals surface area contributed by atoms with Gasteiger partial charge in [0.2, 0.25) is 5.89 Å². The number of carbonyl (C=O) groups is 1. The van der Waals surface area contributed by atoms with Crippen LogP contribution in [0.4, 0.5) is 0 Å². The van der Waals surface area contributed by atoms with E-state index < -0.39 is 5.97 Å². The summed E-state index contributed by atoms with van der Waals surface area (Å²) < 4.78 is 16.1. The largest absolute Gasteiger partial charge is 0.493 e. The molecule has 3 rings (SSSR count). The van der Waals surface area contributed by atoms with Gasteiger partial charge in [-0.15, -0.1) is 10.2 Å². The molecule has 2 aromatic carbocycles. The smallest absolute Gasteiger partial charge is 0.342 e. The van der Waals surface area contributed by atoms with Crippen LogP contribution in [0.25, 0.3) is 17.5 Å². The molecule has 0 aliphatic carbocycles. The molecule has 0 spiro atoms. The van der Waals surface area contributed by atoms with Gasteiger partial charge < -0.3 is 19.0 Å². The fourth-order valence-corrected chi connectivity index (χ4v) is 3.14. The third-order valence-corrected chi connectivity index (χ3v) is 4.79. The summed E-state index contributed by atoms with van der Waals surface area (Å²) in [6, 6.07) is 13.5. The summed E-state index contributed by atoms with van der Waals surface area (Å²) in [5.41, 5.74) is 1.22. The number of nitrogens with zero attached hydrogens (tertiary/aromatic N) is 3. The molecule has 0 aliphatic heterocycles. The quantitative estimate of drug-likeness (QED) is 0.395. The number of rotatable bonds is 8. The summed E-state index contributed by atoms with van der Waals surface area (Å²) in [5, 5.41) is 26.7. The van der Waals surface area contributed by atoms with Crippen molar-refractivity contribution in [2.24, 2.45) is 0 Å². The number of hydrogen-bond acceptors (Lipinski definition) is 8. The Morgan fingerprint density at radius 3 is 2.70 bits per heavy atom. The first kappa shape index (κ1) is 21.2. The van der Waals surface area contributed by atoms with Gasteiger partial charge in [0, 0.05) is 10.6 Å². The number of halogens is 1. The van der Waals surface area contributed by atoms with Crippen molar-refractivity contribution >= 4 is 35.4 Å². The van der Waals surface area contributed by atoms with Crippen LogP contribution in [-0.2, 0) is 4.79 Å². The maximum atomic E-state index is 11.7. The summed E-state index contributed by atoms with van der Waals surface area (Å²) in [7, 11) is 1.45. The lowest BCUT2D eigenvalue weighted by atomic mass is 10.2. The number of aromatic nitrogens is 2. The molecule has 152 valence electrons. The predicted molar refractivity (Wildman–Crippen MR) is 110 cm³/mol. The SMILES string of the molecule is COc1cc(/C=C(\Sc2nnc(-c3ccc(Cl)cc3)o2)C(=O)O)ccc1OCC#N. The van der Waals surface area contributed by atoms with Gasteiger partial charge in [-0.3, -0.25) is 0 Å². The maximum Gasteiger partial charge on any atom is 0.342 e.